The molecule has 0 spiro atoms. The number of anilines is 1. The highest BCUT2D eigenvalue weighted by molar-refractivity contribution is 7.89. The summed E-state index contributed by atoms with van der Waals surface area (Å²) < 4.78 is 43.2. The molecule has 1 atom stereocenters. The van der Waals surface area contributed by atoms with Crippen molar-refractivity contribution >= 4 is 32.9 Å². The predicted molar refractivity (Wildman–Crippen MR) is 112 cm³/mol. The maximum atomic E-state index is 14.1. The van der Waals surface area contributed by atoms with Crippen molar-refractivity contribution in [3.05, 3.63) is 54.3 Å². The molecule has 4 rings (SSSR count). The van der Waals surface area contributed by atoms with Gasteiger partial charge in [-0.25, -0.2) is 17.8 Å². The first-order valence-electron chi connectivity index (χ1n) is 9.96. The van der Waals surface area contributed by atoms with Crippen molar-refractivity contribution in [2.45, 2.75) is 43.7 Å². The SMILES string of the molecule is CCCn1c(NC(=O)[C@@H]2CCCN2S(=O)(=O)c2ccccc2F)nc2ccccc21. The van der Waals surface area contributed by atoms with Gasteiger partial charge in [0.05, 0.1) is 11.0 Å². The molecule has 0 saturated carbocycles. The van der Waals surface area contributed by atoms with Crippen molar-refractivity contribution in [1.29, 1.82) is 0 Å². The van der Waals surface area contributed by atoms with Crippen LogP contribution in [0.4, 0.5) is 10.3 Å². The molecule has 0 radical (unpaired) electrons. The van der Waals surface area contributed by atoms with Crippen LogP contribution in [0.5, 0.6) is 0 Å². The zero-order valence-corrected chi connectivity index (χ0v) is 17.4. The first-order valence-corrected chi connectivity index (χ1v) is 11.4. The first-order chi connectivity index (χ1) is 14.4. The fraction of sp³-hybridized carbons (Fsp3) is 0.333. The number of nitrogens with one attached hydrogen (secondary N) is 1. The van der Waals surface area contributed by atoms with Crippen LogP contribution in [0.1, 0.15) is 26.2 Å². The van der Waals surface area contributed by atoms with Crippen molar-refractivity contribution in [1.82, 2.24) is 13.9 Å². The van der Waals surface area contributed by atoms with E-state index < -0.39 is 32.7 Å². The Hall–Kier alpha value is -2.78. The average Bonchev–Trinajstić information content (AvgIpc) is 3.35. The number of hydrogen-bond donors (Lipinski definition) is 1. The zero-order valence-electron chi connectivity index (χ0n) is 16.6. The van der Waals surface area contributed by atoms with Gasteiger partial charge >= 0.3 is 0 Å². The lowest BCUT2D eigenvalue weighted by Gasteiger charge is -2.23. The Bertz CT molecular complexity index is 1190. The third-order valence-corrected chi connectivity index (χ3v) is 7.21. The molecule has 0 aliphatic carbocycles. The Balaban J connectivity index is 1.63. The Kier molecular flexibility index (Phi) is 5.57. The fourth-order valence-corrected chi connectivity index (χ4v) is 5.61. The van der Waals surface area contributed by atoms with Gasteiger partial charge in [0.15, 0.2) is 0 Å². The molecule has 7 nitrogen and oxygen atoms in total. The average molecular weight is 431 g/mol. The van der Waals surface area contributed by atoms with Crippen LogP contribution in [-0.4, -0.2) is 40.8 Å². The molecule has 0 bridgehead atoms. The van der Waals surface area contributed by atoms with E-state index in [4.69, 9.17) is 0 Å². The second kappa shape index (κ2) is 8.16. The van der Waals surface area contributed by atoms with Crippen LogP contribution < -0.4 is 5.32 Å². The largest absolute Gasteiger partial charge is 0.310 e. The summed E-state index contributed by atoms with van der Waals surface area (Å²) >= 11 is 0. The lowest BCUT2D eigenvalue weighted by atomic mass is 10.2. The van der Waals surface area contributed by atoms with E-state index >= 15 is 0 Å². The number of imidazole rings is 1. The Labute approximate surface area is 174 Å². The highest BCUT2D eigenvalue weighted by Gasteiger charge is 2.40. The standard InChI is InChI=1S/C21H23FN4O3S/c1-2-13-25-17-10-5-4-9-16(17)23-21(25)24-20(27)18-11-7-14-26(18)30(28,29)19-12-6-3-8-15(19)22/h3-6,8-10,12,18H,2,7,11,13-14H2,1H3,(H,23,24,27)/t18-/m0/s1. The molecule has 1 N–H and O–H groups in total. The molecule has 2 heterocycles. The van der Waals surface area contributed by atoms with Crippen molar-refractivity contribution in [2.75, 3.05) is 11.9 Å². The number of rotatable bonds is 6. The fourth-order valence-electron chi connectivity index (χ4n) is 3.88. The van der Waals surface area contributed by atoms with E-state index in [1.807, 2.05) is 35.8 Å². The highest BCUT2D eigenvalue weighted by Crippen LogP contribution is 2.29. The third-order valence-electron chi connectivity index (χ3n) is 5.27. The maximum absolute atomic E-state index is 14.1. The number of hydrogen-bond acceptors (Lipinski definition) is 4. The van der Waals surface area contributed by atoms with Gasteiger partial charge in [0, 0.05) is 13.1 Å². The zero-order chi connectivity index (χ0) is 21.3. The number of nitrogens with zero attached hydrogens (tertiary/aromatic N) is 3. The van der Waals surface area contributed by atoms with Crippen molar-refractivity contribution in [3.8, 4) is 0 Å². The third kappa shape index (κ3) is 3.59. The molecule has 1 aromatic heterocycles. The second-order valence-electron chi connectivity index (χ2n) is 7.27. The quantitative estimate of drug-likeness (QED) is 0.650. The summed E-state index contributed by atoms with van der Waals surface area (Å²) in [6, 6.07) is 11.9. The molecule has 1 saturated heterocycles. The minimum atomic E-state index is -4.13. The maximum Gasteiger partial charge on any atom is 0.246 e. The smallest absolute Gasteiger partial charge is 0.246 e. The van der Waals surface area contributed by atoms with Gasteiger partial charge < -0.3 is 4.57 Å². The number of carbonyl (C=O) groups is 1. The summed E-state index contributed by atoms with van der Waals surface area (Å²) in [5.74, 6) is -0.897. The monoisotopic (exact) mass is 430 g/mol. The number of halogens is 1. The molecular weight excluding hydrogens is 407 g/mol. The molecule has 9 heteroatoms. The van der Waals surface area contributed by atoms with Crippen molar-refractivity contribution in [3.63, 3.8) is 0 Å². The van der Waals surface area contributed by atoms with E-state index in [0.717, 1.165) is 27.8 Å². The predicted octanol–water partition coefficient (Wildman–Crippen LogP) is 3.38. The van der Waals surface area contributed by atoms with Crippen LogP contribution in [0.25, 0.3) is 11.0 Å². The summed E-state index contributed by atoms with van der Waals surface area (Å²) in [7, 11) is -4.13. The van der Waals surface area contributed by atoms with Crippen LogP contribution in [0.2, 0.25) is 0 Å². The number of amides is 1. The topological polar surface area (TPSA) is 84.3 Å². The molecule has 1 aliphatic rings. The first kappa shape index (κ1) is 20.5. The van der Waals surface area contributed by atoms with Gasteiger partial charge in [-0.05, 0) is 43.5 Å². The van der Waals surface area contributed by atoms with Crippen LogP contribution >= 0.6 is 0 Å². The molecule has 2 aromatic carbocycles. The van der Waals surface area contributed by atoms with Gasteiger partial charge in [-0.3, -0.25) is 10.1 Å². The van der Waals surface area contributed by atoms with E-state index in [0.29, 0.717) is 25.3 Å². The molecule has 1 aliphatic heterocycles. The van der Waals surface area contributed by atoms with E-state index in [-0.39, 0.29) is 6.54 Å². The second-order valence-corrected chi connectivity index (χ2v) is 9.13. The van der Waals surface area contributed by atoms with Crippen LogP contribution in [0, 0.1) is 5.82 Å². The van der Waals surface area contributed by atoms with Gasteiger partial charge in [-0.2, -0.15) is 4.31 Å². The van der Waals surface area contributed by atoms with E-state index in [1.165, 1.54) is 18.2 Å². The van der Waals surface area contributed by atoms with Crippen molar-refractivity contribution < 1.29 is 17.6 Å². The number of fused-ring (bicyclic) bond motifs is 1. The molecule has 3 aromatic rings. The van der Waals surface area contributed by atoms with Gasteiger partial charge in [0.1, 0.15) is 16.8 Å². The number of para-hydroxylation sites is 2. The van der Waals surface area contributed by atoms with Gasteiger partial charge in [-0.1, -0.05) is 31.2 Å². The number of aromatic nitrogens is 2. The lowest BCUT2D eigenvalue weighted by Crippen LogP contribution is -2.43. The van der Waals surface area contributed by atoms with Crippen LogP contribution in [0.3, 0.4) is 0 Å². The minimum absolute atomic E-state index is 0.167. The summed E-state index contributed by atoms with van der Waals surface area (Å²) in [6.07, 6.45) is 1.74. The molecule has 0 unspecified atom stereocenters. The van der Waals surface area contributed by atoms with Gasteiger partial charge in [0.2, 0.25) is 21.9 Å². The lowest BCUT2D eigenvalue weighted by molar-refractivity contribution is -0.119. The number of sulfonamides is 1. The summed E-state index contributed by atoms with van der Waals surface area (Å²) in [5.41, 5.74) is 1.65. The van der Waals surface area contributed by atoms with Gasteiger partial charge in [-0.15, -0.1) is 0 Å². The number of benzene rings is 2. The Morgan fingerprint density at radius 2 is 1.93 bits per heavy atom. The number of carbonyl (C=O) groups excluding carboxylic acids is 1. The normalized spacial score (nSPS) is 17.5. The molecule has 158 valence electrons. The van der Waals surface area contributed by atoms with Gasteiger partial charge in [0.25, 0.3) is 0 Å². The van der Waals surface area contributed by atoms with E-state index in [9.17, 15) is 17.6 Å². The van der Waals surface area contributed by atoms with Crippen molar-refractivity contribution in [2.24, 2.45) is 0 Å². The van der Waals surface area contributed by atoms with Crippen LogP contribution in [0.15, 0.2) is 53.4 Å². The van der Waals surface area contributed by atoms with Crippen LogP contribution in [-0.2, 0) is 21.4 Å². The molecule has 1 amide bonds. The highest BCUT2D eigenvalue weighted by atomic mass is 32.2. The Morgan fingerprint density at radius 3 is 2.70 bits per heavy atom. The molecule has 1 fully saturated rings. The summed E-state index contributed by atoms with van der Waals surface area (Å²) in [6.45, 7) is 2.86. The number of aryl methyl sites for hydroxylation is 1. The minimum Gasteiger partial charge on any atom is -0.310 e. The molecular formula is C21H23FN4O3S. The Morgan fingerprint density at radius 1 is 1.20 bits per heavy atom. The summed E-state index contributed by atoms with van der Waals surface area (Å²) in [5, 5.41) is 2.81. The van der Waals surface area contributed by atoms with E-state index in [1.54, 1.807) is 0 Å². The van der Waals surface area contributed by atoms with E-state index in [2.05, 4.69) is 10.3 Å². The molecule has 30 heavy (non-hydrogen) atoms. The summed E-state index contributed by atoms with van der Waals surface area (Å²) in [4.78, 5) is 17.1.